The Morgan fingerprint density at radius 1 is 0.769 bits per heavy atom. The quantitative estimate of drug-likeness (QED) is 0.191. The van der Waals surface area contributed by atoms with E-state index >= 15 is 0 Å². The Bertz CT molecular complexity index is 972. The fourth-order valence-electron chi connectivity index (χ4n) is 3.83. The van der Waals surface area contributed by atoms with Crippen LogP contribution in [-0.2, 0) is 30.3 Å². The van der Waals surface area contributed by atoms with E-state index in [0.717, 1.165) is 0 Å². The van der Waals surface area contributed by atoms with Crippen molar-refractivity contribution in [3.05, 3.63) is 23.8 Å². The van der Waals surface area contributed by atoms with Crippen molar-refractivity contribution in [3.63, 3.8) is 0 Å². The Morgan fingerprint density at radius 2 is 1.23 bits per heavy atom. The number of carbonyl (C=O) groups is 4. The maximum atomic E-state index is 12.5. The van der Waals surface area contributed by atoms with Crippen molar-refractivity contribution >= 4 is 23.9 Å². The summed E-state index contributed by atoms with van der Waals surface area (Å²) in [5, 5.41) is 9.95. The highest BCUT2D eigenvalue weighted by Crippen LogP contribution is 2.32. The predicted octanol–water partition coefficient (Wildman–Crippen LogP) is 5.45. The zero-order valence-electron chi connectivity index (χ0n) is 24.6. The number of rotatable bonds is 17. The monoisotopic (exact) mass is 549 g/mol. The van der Waals surface area contributed by atoms with Crippen molar-refractivity contribution < 1.29 is 38.5 Å². The molecule has 9 nitrogen and oxygen atoms in total. The van der Waals surface area contributed by atoms with Gasteiger partial charge in [0.2, 0.25) is 0 Å². The van der Waals surface area contributed by atoms with Gasteiger partial charge < -0.3 is 25.1 Å². The molecule has 2 atom stereocenters. The second kappa shape index (κ2) is 16.2. The Hall–Kier alpha value is -2.94. The van der Waals surface area contributed by atoms with E-state index in [1.165, 1.54) is 12.1 Å². The van der Waals surface area contributed by atoms with E-state index < -0.39 is 35.5 Å². The summed E-state index contributed by atoms with van der Waals surface area (Å²) in [6.45, 7) is 13.6. The third-order valence-corrected chi connectivity index (χ3v) is 6.16. The first kappa shape index (κ1) is 34.1. The van der Waals surface area contributed by atoms with Gasteiger partial charge in [0.15, 0.2) is 11.5 Å². The maximum Gasteiger partial charge on any atom is 0.324 e. The molecule has 0 bridgehead atoms. The predicted molar refractivity (Wildman–Crippen MR) is 148 cm³/mol. The lowest BCUT2D eigenvalue weighted by atomic mass is 9.86. The van der Waals surface area contributed by atoms with Crippen LogP contribution in [0.2, 0.25) is 0 Å². The summed E-state index contributed by atoms with van der Waals surface area (Å²) in [6, 6.07) is 4.54. The average molecular weight is 550 g/mol. The van der Waals surface area contributed by atoms with Crippen molar-refractivity contribution in [1.82, 2.24) is 0 Å². The molecular weight excluding hydrogens is 502 g/mol. The van der Waals surface area contributed by atoms with Crippen molar-refractivity contribution in [1.29, 1.82) is 0 Å². The van der Waals surface area contributed by atoms with Crippen molar-refractivity contribution in [2.24, 2.45) is 23.5 Å². The minimum absolute atomic E-state index is 0.0278. The van der Waals surface area contributed by atoms with Gasteiger partial charge in [-0.3, -0.25) is 19.2 Å². The van der Waals surface area contributed by atoms with Gasteiger partial charge in [0.25, 0.3) is 0 Å². The highest BCUT2D eigenvalue weighted by molar-refractivity contribution is 5.80. The molecule has 1 rings (SSSR count). The van der Waals surface area contributed by atoms with E-state index in [0.29, 0.717) is 42.6 Å². The number of carboxylic acids is 1. The molecule has 9 heteroatoms. The summed E-state index contributed by atoms with van der Waals surface area (Å²) >= 11 is 0. The molecule has 3 N–H and O–H groups in total. The lowest BCUT2D eigenvalue weighted by Crippen LogP contribution is -2.52. The van der Waals surface area contributed by atoms with Crippen molar-refractivity contribution in [2.75, 3.05) is 0 Å². The largest absolute Gasteiger partial charge is 0.480 e. The molecule has 0 aliphatic rings. The molecule has 0 radical (unpaired) electrons. The lowest BCUT2D eigenvalue weighted by Gasteiger charge is -2.28. The molecule has 1 unspecified atom stereocenters. The number of benzene rings is 1. The first-order chi connectivity index (χ1) is 18.1. The van der Waals surface area contributed by atoms with Crippen LogP contribution in [-0.4, -0.2) is 40.6 Å². The van der Waals surface area contributed by atoms with Gasteiger partial charge >= 0.3 is 23.9 Å². The Morgan fingerprint density at radius 3 is 1.69 bits per heavy atom. The zero-order valence-corrected chi connectivity index (χ0v) is 24.6. The van der Waals surface area contributed by atoms with Gasteiger partial charge in [0.05, 0.1) is 0 Å². The van der Waals surface area contributed by atoms with Gasteiger partial charge in [-0.1, -0.05) is 47.6 Å². The van der Waals surface area contributed by atoms with Gasteiger partial charge in [0, 0.05) is 32.1 Å². The standard InChI is InChI=1S/C30H47NO8/c1-19(2)8-13-26(32)37-22(7)17-30(31,29(35)36)18-23-11-12-24(38-27(33)14-9-20(3)4)25(16-23)39-28(34)15-10-21(5)6/h11-12,16,19-22H,8-10,13-15,17-18,31H2,1-7H3,(H,35,36)/t22-,30?/m0/s1. The van der Waals surface area contributed by atoms with Gasteiger partial charge in [0.1, 0.15) is 11.6 Å². The third-order valence-electron chi connectivity index (χ3n) is 6.16. The van der Waals surface area contributed by atoms with Crippen LogP contribution in [0.15, 0.2) is 18.2 Å². The van der Waals surface area contributed by atoms with E-state index in [1.807, 2.05) is 41.5 Å². The van der Waals surface area contributed by atoms with E-state index in [-0.39, 0.29) is 43.6 Å². The van der Waals surface area contributed by atoms with Gasteiger partial charge in [-0.2, -0.15) is 0 Å². The van der Waals surface area contributed by atoms with Gasteiger partial charge in [-0.15, -0.1) is 0 Å². The third kappa shape index (κ3) is 13.6. The van der Waals surface area contributed by atoms with Crippen LogP contribution in [0.5, 0.6) is 11.5 Å². The fourth-order valence-corrected chi connectivity index (χ4v) is 3.83. The number of esters is 3. The molecule has 0 heterocycles. The summed E-state index contributed by atoms with van der Waals surface area (Å²) in [7, 11) is 0. The van der Waals surface area contributed by atoms with E-state index in [1.54, 1.807) is 13.0 Å². The highest BCUT2D eigenvalue weighted by Gasteiger charge is 2.37. The van der Waals surface area contributed by atoms with Crippen LogP contribution in [0.1, 0.15) is 99.0 Å². The molecule has 1 aromatic rings. The topological polar surface area (TPSA) is 142 Å². The Labute approximate surface area is 232 Å². The molecule has 0 amide bonds. The number of aliphatic carboxylic acids is 1. The van der Waals surface area contributed by atoms with Crippen LogP contribution in [0, 0.1) is 17.8 Å². The van der Waals surface area contributed by atoms with Crippen molar-refractivity contribution in [3.8, 4) is 11.5 Å². The van der Waals surface area contributed by atoms with E-state index in [9.17, 15) is 24.3 Å². The fraction of sp³-hybridized carbons (Fsp3) is 0.667. The minimum Gasteiger partial charge on any atom is -0.480 e. The molecule has 39 heavy (non-hydrogen) atoms. The summed E-state index contributed by atoms with van der Waals surface area (Å²) in [4.78, 5) is 49.2. The second-order valence-electron chi connectivity index (χ2n) is 11.7. The highest BCUT2D eigenvalue weighted by atomic mass is 16.6. The zero-order chi connectivity index (χ0) is 29.8. The van der Waals surface area contributed by atoms with Crippen LogP contribution in [0.3, 0.4) is 0 Å². The van der Waals surface area contributed by atoms with E-state index in [2.05, 4.69) is 0 Å². The lowest BCUT2D eigenvalue weighted by molar-refractivity contribution is -0.153. The molecule has 0 fully saturated rings. The molecule has 0 spiro atoms. The first-order valence-electron chi connectivity index (χ1n) is 13.9. The molecule has 220 valence electrons. The van der Waals surface area contributed by atoms with Crippen LogP contribution in [0.25, 0.3) is 0 Å². The summed E-state index contributed by atoms with van der Waals surface area (Å²) in [5.41, 5.74) is 5.01. The SMILES string of the molecule is CC(C)CCC(=O)Oc1ccc(CC(N)(C[C@H](C)OC(=O)CCC(C)C)C(=O)O)cc1OC(=O)CCC(C)C. The summed E-state index contributed by atoms with van der Waals surface area (Å²) < 4.78 is 16.4. The normalized spacial score (nSPS) is 13.7. The number of hydrogen-bond donors (Lipinski definition) is 2. The average Bonchev–Trinajstić information content (AvgIpc) is 2.81. The molecule has 0 aromatic heterocycles. The Kier molecular flexibility index (Phi) is 14.2. The molecule has 0 aliphatic heterocycles. The van der Waals surface area contributed by atoms with Crippen LogP contribution in [0.4, 0.5) is 0 Å². The smallest absolute Gasteiger partial charge is 0.324 e. The first-order valence-corrected chi connectivity index (χ1v) is 13.9. The van der Waals surface area contributed by atoms with Crippen LogP contribution < -0.4 is 15.2 Å². The van der Waals surface area contributed by atoms with Crippen LogP contribution >= 0.6 is 0 Å². The number of ether oxygens (including phenoxy) is 3. The van der Waals surface area contributed by atoms with E-state index in [4.69, 9.17) is 19.9 Å². The molecule has 1 aromatic carbocycles. The molecule has 0 aliphatic carbocycles. The number of carbonyl (C=O) groups excluding carboxylic acids is 3. The number of carboxylic acid groups (broad SMARTS) is 1. The maximum absolute atomic E-state index is 12.5. The van der Waals surface area contributed by atoms with Gasteiger partial charge in [-0.05, 0) is 61.6 Å². The molecule has 0 saturated carbocycles. The number of hydrogen-bond acceptors (Lipinski definition) is 8. The summed E-state index contributed by atoms with van der Waals surface area (Å²) in [6.07, 6.45) is 1.60. The summed E-state index contributed by atoms with van der Waals surface area (Å²) in [5.74, 6) is -1.54. The Balaban J connectivity index is 3.12. The molecular formula is C30H47NO8. The second-order valence-corrected chi connectivity index (χ2v) is 11.7. The number of nitrogens with two attached hydrogens (primary N) is 1. The minimum atomic E-state index is -1.76. The molecule has 0 saturated heterocycles. The van der Waals surface area contributed by atoms with Gasteiger partial charge in [-0.25, -0.2) is 0 Å². The van der Waals surface area contributed by atoms with Crippen molar-refractivity contribution in [2.45, 2.75) is 111 Å².